The predicted molar refractivity (Wildman–Crippen MR) is 93.3 cm³/mol. The fraction of sp³-hybridized carbons (Fsp3) is 0.158. The van der Waals surface area contributed by atoms with Gasteiger partial charge in [-0.05, 0) is 23.8 Å². The first-order valence-electron chi connectivity index (χ1n) is 7.69. The second kappa shape index (κ2) is 7.49. The zero-order valence-corrected chi connectivity index (χ0v) is 14.3. The van der Waals surface area contributed by atoms with E-state index >= 15 is 0 Å². The lowest BCUT2D eigenvalue weighted by Crippen LogP contribution is -2.11. The average Bonchev–Trinajstić information content (AvgIpc) is 3.05. The third kappa shape index (κ3) is 3.72. The van der Waals surface area contributed by atoms with Crippen molar-refractivity contribution in [2.45, 2.75) is 13.0 Å². The van der Waals surface area contributed by atoms with Crippen molar-refractivity contribution < 1.29 is 13.9 Å². The van der Waals surface area contributed by atoms with Crippen LogP contribution in [0.5, 0.6) is 0 Å². The van der Waals surface area contributed by atoms with Crippen LogP contribution in [0.2, 0.25) is 5.02 Å². The van der Waals surface area contributed by atoms with Crippen molar-refractivity contribution in [3.63, 3.8) is 0 Å². The summed E-state index contributed by atoms with van der Waals surface area (Å²) in [4.78, 5) is 16.2. The summed E-state index contributed by atoms with van der Waals surface area (Å²) in [5, 5.41) is 0.365. The number of hydrogen-bond acceptors (Lipinski definition) is 3. The van der Waals surface area contributed by atoms with E-state index < -0.39 is 5.97 Å². The second-order valence-corrected chi connectivity index (χ2v) is 5.90. The molecule has 4 nitrogen and oxygen atoms in total. The monoisotopic (exact) mass is 358 g/mol. The quantitative estimate of drug-likeness (QED) is 0.645. The van der Waals surface area contributed by atoms with Gasteiger partial charge in [-0.1, -0.05) is 35.9 Å². The summed E-state index contributed by atoms with van der Waals surface area (Å²) < 4.78 is 20.7. The molecule has 0 saturated heterocycles. The van der Waals surface area contributed by atoms with Crippen molar-refractivity contribution in [2.75, 3.05) is 7.11 Å². The number of ether oxygens (including phenoxy) is 1. The number of halogens is 2. The summed E-state index contributed by atoms with van der Waals surface area (Å²) in [6, 6.07) is 11.8. The van der Waals surface area contributed by atoms with E-state index in [2.05, 4.69) is 4.98 Å². The summed E-state index contributed by atoms with van der Waals surface area (Å²) in [6.45, 7) is 0.423. The number of rotatable bonds is 5. The molecule has 0 aliphatic rings. The zero-order chi connectivity index (χ0) is 17.8. The molecule has 3 rings (SSSR count). The van der Waals surface area contributed by atoms with E-state index in [-0.39, 0.29) is 12.2 Å². The molecule has 0 spiro atoms. The predicted octanol–water partition coefficient (Wildman–Crippen LogP) is 4.10. The van der Waals surface area contributed by atoms with Crippen molar-refractivity contribution in [3.05, 3.63) is 88.2 Å². The number of methoxy groups -OCH3 is 1. The fourth-order valence-electron chi connectivity index (χ4n) is 2.66. The van der Waals surface area contributed by atoms with Gasteiger partial charge in [-0.2, -0.15) is 0 Å². The smallest absolute Gasteiger partial charge is 0.338 e. The van der Waals surface area contributed by atoms with Gasteiger partial charge in [0.1, 0.15) is 11.6 Å². The topological polar surface area (TPSA) is 44.1 Å². The maximum absolute atomic E-state index is 14.0. The van der Waals surface area contributed by atoms with Gasteiger partial charge in [0, 0.05) is 35.9 Å². The molecule has 1 aromatic heterocycles. The number of carbonyl (C=O) groups is 1. The van der Waals surface area contributed by atoms with Gasteiger partial charge in [0.25, 0.3) is 0 Å². The van der Waals surface area contributed by atoms with E-state index in [1.165, 1.54) is 13.2 Å². The zero-order valence-electron chi connectivity index (χ0n) is 13.6. The molecule has 128 valence electrons. The van der Waals surface area contributed by atoms with Crippen molar-refractivity contribution in [2.24, 2.45) is 0 Å². The van der Waals surface area contributed by atoms with Crippen LogP contribution in [-0.4, -0.2) is 22.6 Å². The van der Waals surface area contributed by atoms with Gasteiger partial charge in [0.15, 0.2) is 0 Å². The van der Waals surface area contributed by atoms with Crippen molar-refractivity contribution in [1.82, 2.24) is 9.55 Å². The minimum atomic E-state index is -0.394. The Labute approximate surface area is 149 Å². The summed E-state index contributed by atoms with van der Waals surface area (Å²) in [7, 11) is 1.35. The molecule has 25 heavy (non-hydrogen) atoms. The molecule has 1 heterocycles. The molecule has 0 aliphatic heterocycles. The molecule has 0 N–H and O–H groups in total. The lowest BCUT2D eigenvalue weighted by Gasteiger charge is -2.12. The molecule has 2 aromatic carbocycles. The number of nitrogens with zero attached hydrogens (tertiary/aromatic N) is 2. The first-order chi connectivity index (χ1) is 12.1. The summed E-state index contributed by atoms with van der Waals surface area (Å²) in [5.41, 5.74) is 1.69. The molecule has 6 heteroatoms. The largest absolute Gasteiger partial charge is 0.465 e. The Hall–Kier alpha value is -2.66. The lowest BCUT2D eigenvalue weighted by molar-refractivity contribution is 0.0599. The molecule has 0 fully saturated rings. The third-order valence-corrected chi connectivity index (χ3v) is 4.32. The Bertz CT molecular complexity index is 888. The van der Waals surface area contributed by atoms with E-state index in [0.717, 1.165) is 5.56 Å². The highest BCUT2D eigenvalue weighted by molar-refractivity contribution is 6.31. The van der Waals surface area contributed by atoms with Crippen LogP contribution in [0.1, 0.15) is 27.3 Å². The molecule has 0 saturated carbocycles. The number of aromatic nitrogens is 2. The Morgan fingerprint density at radius 3 is 2.80 bits per heavy atom. The molecule has 3 aromatic rings. The molecule has 0 atom stereocenters. The van der Waals surface area contributed by atoms with Crippen LogP contribution in [0.15, 0.2) is 54.9 Å². The highest BCUT2D eigenvalue weighted by Gasteiger charge is 2.15. The molecular weight excluding hydrogens is 343 g/mol. The van der Waals surface area contributed by atoms with Crippen LogP contribution in [0.4, 0.5) is 4.39 Å². The minimum Gasteiger partial charge on any atom is -0.465 e. The Balaban J connectivity index is 1.90. The highest BCUT2D eigenvalue weighted by atomic mass is 35.5. The number of esters is 1. The number of carbonyl (C=O) groups excluding carboxylic acids is 1. The Morgan fingerprint density at radius 2 is 2.04 bits per heavy atom. The van der Waals surface area contributed by atoms with Crippen LogP contribution >= 0.6 is 11.6 Å². The fourth-order valence-corrected chi connectivity index (χ4v) is 2.89. The molecular formula is C19H16ClFN2O2. The second-order valence-electron chi connectivity index (χ2n) is 5.50. The summed E-state index contributed by atoms with van der Waals surface area (Å²) in [6.07, 6.45) is 3.70. The highest BCUT2D eigenvalue weighted by Crippen LogP contribution is 2.22. The van der Waals surface area contributed by atoms with Crippen LogP contribution < -0.4 is 0 Å². The standard InChI is InChI=1S/C19H16ClFN2O2/c1-25-19(24)14-6-3-2-5-13(14)12-23-10-9-22-18(23)11-15-16(20)7-4-8-17(15)21/h2-10H,11-12H2,1H3. The van der Waals surface area contributed by atoms with Gasteiger partial charge >= 0.3 is 5.97 Å². The van der Waals surface area contributed by atoms with E-state index in [1.54, 1.807) is 36.7 Å². The first-order valence-corrected chi connectivity index (χ1v) is 8.07. The summed E-state index contributed by atoms with van der Waals surface area (Å²) >= 11 is 6.11. The average molecular weight is 359 g/mol. The summed E-state index contributed by atoms with van der Waals surface area (Å²) in [5.74, 6) is -0.0990. The molecule has 0 aliphatic carbocycles. The van der Waals surface area contributed by atoms with E-state index in [0.29, 0.717) is 28.5 Å². The van der Waals surface area contributed by atoms with Crippen molar-refractivity contribution >= 4 is 17.6 Å². The molecule has 0 unspecified atom stereocenters. The van der Waals surface area contributed by atoms with Gasteiger partial charge in [0.05, 0.1) is 12.7 Å². The number of imidazole rings is 1. The van der Waals surface area contributed by atoms with Crippen LogP contribution in [0, 0.1) is 5.82 Å². The van der Waals surface area contributed by atoms with Crippen LogP contribution in [0.3, 0.4) is 0 Å². The molecule has 0 bridgehead atoms. The van der Waals surface area contributed by atoms with E-state index in [1.807, 2.05) is 16.7 Å². The maximum Gasteiger partial charge on any atom is 0.338 e. The Kier molecular flexibility index (Phi) is 5.14. The molecule has 0 amide bonds. The van der Waals surface area contributed by atoms with Gasteiger partial charge in [-0.25, -0.2) is 14.2 Å². The van der Waals surface area contributed by atoms with Crippen LogP contribution in [0.25, 0.3) is 0 Å². The van der Waals surface area contributed by atoms with Gasteiger partial charge in [-0.15, -0.1) is 0 Å². The van der Waals surface area contributed by atoms with Gasteiger partial charge < -0.3 is 9.30 Å². The number of hydrogen-bond donors (Lipinski definition) is 0. The maximum atomic E-state index is 14.0. The third-order valence-electron chi connectivity index (χ3n) is 3.96. The first kappa shape index (κ1) is 17.2. The number of benzene rings is 2. The normalized spacial score (nSPS) is 10.7. The van der Waals surface area contributed by atoms with E-state index in [4.69, 9.17) is 16.3 Å². The van der Waals surface area contributed by atoms with Crippen molar-refractivity contribution in [3.8, 4) is 0 Å². The Morgan fingerprint density at radius 1 is 1.24 bits per heavy atom. The minimum absolute atomic E-state index is 0.263. The van der Waals surface area contributed by atoms with Gasteiger partial charge in [-0.3, -0.25) is 0 Å². The SMILES string of the molecule is COC(=O)c1ccccc1Cn1ccnc1Cc1c(F)cccc1Cl. The van der Waals surface area contributed by atoms with Crippen LogP contribution in [-0.2, 0) is 17.7 Å². The lowest BCUT2D eigenvalue weighted by atomic mass is 10.1. The molecule has 0 radical (unpaired) electrons. The van der Waals surface area contributed by atoms with Gasteiger partial charge in [0.2, 0.25) is 0 Å². The van der Waals surface area contributed by atoms with E-state index in [9.17, 15) is 9.18 Å². The van der Waals surface area contributed by atoms with Crippen molar-refractivity contribution in [1.29, 1.82) is 0 Å².